The number of nitrogens with zero attached hydrogens (tertiary/aromatic N) is 2. The second-order valence-electron chi connectivity index (χ2n) is 8.87. The molecule has 0 unspecified atom stereocenters. The molecule has 0 aromatic heterocycles. The summed E-state index contributed by atoms with van der Waals surface area (Å²) in [5, 5.41) is 0. The molecule has 2 amide bonds. The maximum Gasteiger partial charge on any atom is 0.278 e. The fraction of sp³-hybridized carbons (Fsp3) is 0.429. The van der Waals surface area contributed by atoms with Gasteiger partial charge in [-0.3, -0.25) is 14.5 Å². The molecule has 5 heteroatoms. The molecular formula is C28H34N2O3. The van der Waals surface area contributed by atoms with Crippen LogP contribution in [-0.4, -0.2) is 40.8 Å². The Morgan fingerprint density at radius 2 is 1.61 bits per heavy atom. The molecule has 0 bridgehead atoms. The Morgan fingerprint density at radius 3 is 2.24 bits per heavy atom. The van der Waals surface area contributed by atoms with E-state index in [1.54, 1.807) is 4.90 Å². The Morgan fingerprint density at radius 1 is 0.909 bits per heavy atom. The number of hydrogen-bond acceptors (Lipinski definition) is 4. The normalized spacial score (nSPS) is 17.1. The lowest BCUT2D eigenvalue weighted by molar-refractivity contribution is -0.141. The van der Waals surface area contributed by atoms with Crippen LogP contribution in [0.4, 0.5) is 0 Å². The van der Waals surface area contributed by atoms with Crippen LogP contribution in [0.1, 0.15) is 63.5 Å². The van der Waals surface area contributed by atoms with E-state index in [2.05, 4.69) is 24.0 Å². The average molecular weight is 447 g/mol. The summed E-state index contributed by atoms with van der Waals surface area (Å²) in [6, 6.07) is 17.7. The van der Waals surface area contributed by atoms with Gasteiger partial charge in [-0.15, -0.1) is 0 Å². The summed E-state index contributed by atoms with van der Waals surface area (Å²) in [6.07, 6.45) is 6.04. The topological polar surface area (TPSA) is 49.9 Å². The van der Waals surface area contributed by atoms with E-state index in [9.17, 15) is 9.59 Å². The van der Waals surface area contributed by atoms with Crippen molar-refractivity contribution in [2.45, 2.75) is 65.0 Å². The SMILES string of the molecule is CCCOc1ccc(C2=C(N(CC)Cc3ccccc3)C(=O)N(C3CCCCC3)C2=O)cc1. The van der Waals surface area contributed by atoms with Gasteiger partial charge in [-0.2, -0.15) is 0 Å². The Kier molecular flexibility index (Phi) is 7.48. The number of ether oxygens (including phenoxy) is 1. The lowest BCUT2D eigenvalue weighted by atomic mass is 9.94. The van der Waals surface area contributed by atoms with Crippen LogP contribution in [0.2, 0.25) is 0 Å². The Hall–Kier alpha value is -3.08. The van der Waals surface area contributed by atoms with E-state index in [0.717, 1.165) is 49.0 Å². The molecular weight excluding hydrogens is 412 g/mol. The largest absolute Gasteiger partial charge is 0.494 e. The van der Waals surface area contributed by atoms with Gasteiger partial charge in [0.15, 0.2) is 0 Å². The second kappa shape index (κ2) is 10.7. The van der Waals surface area contributed by atoms with E-state index in [4.69, 9.17) is 4.74 Å². The monoisotopic (exact) mass is 446 g/mol. The zero-order valence-corrected chi connectivity index (χ0v) is 19.8. The van der Waals surface area contributed by atoms with Crippen molar-refractivity contribution in [1.29, 1.82) is 0 Å². The molecule has 2 aromatic rings. The lowest BCUT2D eigenvalue weighted by Crippen LogP contribution is -2.43. The minimum absolute atomic E-state index is 0.00570. The van der Waals surface area contributed by atoms with E-state index in [0.29, 0.717) is 31.0 Å². The fourth-order valence-corrected chi connectivity index (χ4v) is 4.85. The minimum Gasteiger partial charge on any atom is -0.494 e. The molecule has 1 heterocycles. The molecule has 0 radical (unpaired) electrons. The summed E-state index contributed by atoms with van der Waals surface area (Å²) in [5.41, 5.74) is 2.94. The molecule has 2 aromatic carbocycles. The van der Waals surface area contributed by atoms with Gasteiger partial charge in [0.2, 0.25) is 0 Å². The molecule has 0 atom stereocenters. The first-order chi connectivity index (χ1) is 16.1. The van der Waals surface area contributed by atoms with Crippen molar-refractivity contribution < 1.29 is 14.3 Å². The van der Waals surface area contributed by atoms with Crippen molar-refractivity contribution in [2.75, 3.05) is 13.2 Å². The number of benzene rings is 2. The highest BCUT2D eigenvalue weighted by Gasteiger charge is 2.44. The van der Waals surface area contributed by atoms with E-state index in [1.807, 2.05) is 49.4 Å². The van der Waals surface area contributed by atoms with Crippen molar-refractivity contribution >= 4 is 17.4 Å². The summed E-state index contributed by atoms with van der Waals surface area (Å²) >= 11 is 0. The Bertz CT molecular complexity index is 992. The van der Waals surface area contributed by atoms with Gasteiger partial charge in [-0.05, 0) is 49.4 Å². The molecule has 0 N–H and O–H groups in total. The summed E-state index contributed by atoms with van der Waals surface area (Å²) < 4.78 is 5.72. The van der Waals surface area contributed by atoms with Gasteiger partial charge in [0, 0.05) is 19.1 Å². The minimum atomic E-state index is -0.157. The van der Waals surface area contributed by atoms with Gasteiger partial charge in [-0.25, -0.2) is 0 Å². The van der Waals surface area contributed by atoms with Crippen LogP contribution < -0.4 is 4.74 Å². The zero-order valence-electron chi connectivity index (χ0n) is 19.8. The highest BCUT2D eigenvalue weighted by molar-refractivity contribution is 6.35. The van der Waals surface area contributed by atoms with E-state index < -0.39 is 0 Å². The third-order valence-electron chi connectivity index (χ3n) is 6.56. The van der Waals surface area contributed by atoms with E-state index in [1.165, 1.54) is 6.42 Å². The van der Waals surface area contributed by atoms with Gasteiger partial charge >= 0.3 is 0 Å². The first-order valence-electron chi connectivity index (χ1n) is 12.3. The molecule has 1 saturated carbocycles. The molecule has 2 aliphatic rings. The lowest BCUT2D eigenvalue weighted by Gasteiger charge is -2.31. The van der Waals surface area contributed by atoms with Crippen molar-refractivity contribution in [3.05, 3.63) is 71.4 Å². The quantitative estimate of drug-likeness (QED) is 0.483. The van der Waals surface area contributed by atoms with Crippen LogP contribution in [0.25, 0.3) is 5.57 Å². The predicted molar refractivity (Wildman–Crippen MR) is 130 cm³/mol. The molecule has 1 fully saturated rings. The number of carbonyl (C=O) groups excluding carboxylic acids is 2. The van der Waals surface area contributed by atoms with Gasteiger partial charge < -0.3 is 9.64 Å². The van der Waals surface area contributed by atoms with Gasteiger partial charge in [-0.1, -0.05) is 68.7 Å². The number of likely N-dealkylation sites (N-methyl/N-ethyl adjacent to an activating group) is 1. The van der Waals surface area contributed by atoms with E-state index in [-0.39, 0.29) is 17.9 Å². The summed E-state index contributed by atoms with van der Waals surface area (Å²) in [7, 11) is 0. The van der Waals surface area contributed by atoms with Gasteiger partial charge in [0.25, 0.3) is 11.8 Å². The average Bonchev–Trinajstić information content (AvgIpc) is 3.12. The molecule has 0 saturated heterocycles. The number of imide groups is 1. The van der Waals surface area contributed by atoms with Crippen molar-refractivity contribution in [3.63, 3.8) is 0 Å². The first kappa shape index (κ1) is 23.1. The molecule has 4 rings (SSSR count). The third kappa shape index (κ3) is 4.97. The van der Waals surface area contributed by atoms with Crippen LogP contribution in [0.3, 0.4) is 0 Å². The summed E-state index contributed by atoms with van der Waals surface area (Å²) in [5.74, 6) is 0.474. The first-order valence-corrected chi connectivity index (χ1v) is 12.3. The highest BCUT2D eigenvalue weighted by atomic mass is 16.5. The van der Waals surface area contributed by atoms with Crippen LogP contribution in [0, 0.1) is 0 Å². The molecule has 33 heavy (non-hydrogen) atoms. The fourth-order valence-electron chi connectivity index (χ4n) is 4.85. The number of hydrogen-bond donors (Lipinski definition) is 0. The summed E-state index contributed by atoms with van der Waals surface area (Å²) in [4.78, 5) is 31.1. The predicted octanol–water partition coefficient (Wildman–Crippen LogP) is 5.41. The van der Waals surface area contributed by atoms with E-state index >= 15 is 0 Å². The number of amides is 2. The molecule has 1 aliphatic carbocycles. The maximum absolute atomic E-state index is 13.8. The molecule has 1 aliphatic heterocycles. The second-order valence-corrected chi connectivity index (χ2v) is 8.87. The van der Waals surface area contributed by atoms with Crippen LogP contribution in [0.15, 0.2) is 60.3 Å². The highest BCUT2D eigenvalue weighted by Crippen LogP contribution is 2.37. The standard InChI is InChI=1S/C28H34N2O3/c1-3-19-33-24-17-15-22(16-18-24)25-26(29(4-2)20-21-11-7-5-8-12-21)28(32)30(27(25)31)23-13-9-6-10-14-23/h5,7-8,11-12,15-18,23H,3-4,6,9-10,13-14,19-20H2,1-2H3. The third-order valence-corrected chi connectivity index (χ3v) is 6.56. The number of rotatable bonds is 9. The van der Waals surface area contributed by atoms with Crippen LogP contribution in [-0.2, 0) is 16.1 Å². The molecule has 5 nitrogen and oxygen atoms in total. The van der Waals surface area contributed by atoms with Crippen molar-refractivity contribution in [1.82, 2.24) is 9.80 Å². The number of carbonyl (C=O) groups is 2. The van der Waals surface area contributed by atoms with Gasteiger partial charge in [0.05, 0.1) is 12.2 Å². The zero-order chi connectivity index (χ0) is 23.2. The summed E-state index contributed by atoms with van der Waals surface area (Å²) in [6.45, 7) is 5.99. The van der Waals surface area contributed by atoms with Crippen molar-refractivity contribution in [3.8, 4) is 5.75 Å². The Labute approximate surface area is 197 Å². The smallest absolute Gasteiger partial charge is 0.278 e. The molecule has 174 valence electrons. The van der Waals surface area contributed by atoms with Gasteiger partial charge in [0.1, 0.15) is 11.4 Å². The van der Waals surface area contributed by atoms with Crippen LogP contribution in [0.5, 0.6) is 5.75 Å². The van der Waals surface area contributed by atoms with Crippen LogP contribution >= 0.6 is 0 Å². The van der Waals surface area contributed by atoms with Crippen molar-refractivity contribution in [2.24, 2.45) is 0 Å². The Balaban J connectivity index is 1.72. The maximum atomic E-state index is 13.8. The molecule has 0 spiro atoms.